The first-order valence-corrected chi connectivity index (χ1v) is 11.6. The van der Waals surface area contributed by atoms with Crippen LogP contribution in [0.2, 0.25) is 0 Å². The zero-order valence-corrected chi connectivity index (χ0v) is 20.7. The molecule has 0 fully saturated rings. The summed E-state index contributed by atoms with van der Waals surface area (Å²) in [6, 6.07) is 21.8. The highest BCUT2D eigenvalue weighted by Crippen LogP contribution is 2.21. The Balaban J connectivity index is 1.26. The molecule has 0 bridgehead atoms. The second-order valence-corrected chi connectivity index (χ2v) is 8.37. The highest BCUT2D eigenvalue weighted by atomic mass is 16.5. The minimum atomic E-state index is -1.05. The Kier molecular flexibility index (Phi) is 7.73. The largest absolute Gasteiger partial charge is 0.486 e. The second-order valence-electron chi connectivity index (χ2n) is 8.37. The molecule has 0 aliphatic rings. The quantitative estimate of drug-likeness (QED) is 0.236. The zero-order valence-electron chi connectivity index (χ0n) is 20.7. The molecule has 0 unspecified atom stereocenters. The van der Waals surface area contributed by atoms with Gasteiger partial charge in [0.15, 0.2) is 11.9 Å². The number of carboxylic acids is 1. The van der Waals surface area contributed by atoms with Crippen LogP contribution in [-0.4, -0.2) is 33.9 Å². The Labute approximate surface area is 213 Å². The molecule has 4 aromatic rings. The van der Waals surface area contributed by atoms with Gasteiger partial charge in [0.25, 0.3) is 0 Å². The Hall–Kier alpha value is -4.79. The molecule has 2 aromatic heterocycles. The van der Waals surface area contributed by atoms with Gasteiger partial charge in [0.1, 0.15) is 23.9 Å². The summed E-state index contributed by atoms with van der Waals surface area (Å²) in [7, 11) is 0. The molecule has 0 saturated heterocycles. The first-order valence-electron chi connectivity index (χ1n) is 11.6. The Morgan fingerprint density at radius 3 is 2.27 bits per heavy atom. The van der Waals surface area contributed by atoms with Crippen LogP contribution in [0.5, 0.6) is 11.5 Å². The fourth-order valence-electron chi connectivity index (χ4n) is 3.61. The number of ether oxygens (including phenoxy) is 2. The summed E-state index contributed by atoms with van der Waals surface area (Å²) in [4.78, 5) is 23.2. The number of nitrogens with one attached hydrogen (secondary N) is 1. The topological polar surface area (TPSA) is 115 Å². The van der Waals surface area contributed by atoms with E-state index >= 15 is 0 Å². The molecule has 9 heteroatoms. The van der Waals surface area contributed by atoms with Crippen LogP contribution < -0.4 is 14.9 Å². The van der Waals surface area contributed by atoms with Crippen molar-refractivity contribution in [3.05, 3.63) is 101 Å². The molecule has 2 aromatic carbocycles. The maximum atomic E-state index is 12.3. The van der Waals surface area contributed by atoms with Crippen LogP contribution in [0.15, 0.2) is 82.3 Å². The maximum absolute atomic E-state index is 12.3. The van der Waals surface area contributed by atoms with E-state index in [9.17, 15) is 9.59 Å². The van der Waals surface area contributed by atoms with Crippen molar-refractivity contribution in [1.29, 1.82) is 0 Å². The number of carbonyl (C=O) groups is 2. The lowest BCUT2D eigenvalue weighted by molar-refractivity contribution is -0.144. The molecular weight excluding hydrogens is 474 g/mol. The third kappa shape index (κ3) is 6.46. The number of nitrogens with zero attached hydrogens (tertiary/aromatic N) is 2. The van der Waals surface area contributed by atoms with E-state index in [0.717, 1.165) is 17.1 Å². The van der Waals surface area contributed by atoms with Gasteiger partial charge in [-0.05, 0) is 99.1 Å². The third-order valence-corrected chi connectivity index (χ3v) is 5.55. The van der Waals surface area contributed by atoms with Crippen molar-refractivity contribution in [2.75, 3.05) is 0 Å². The van der Waals surface area contributed by atoms with Gasteiger partial charge in [-0.25, -0.2) is 10.2 Å². The minimum Gasteiger partial charge on any atom is -0.486 e. The number of benzene rings is 2. The van der Waals surface area contributed by atoms with Crippen LogP contribution in [0.1, 0.15) is 40.2 Å². The van der Waals surface area contributed by atoms with Crippen LogP contribution in [0.3, 0.4) is 0 Å². The number of amides is 1. The molecule has 2 N–H and O–H groups in total. The van der Waals surface area contributed by atoms with Gasteiger partial charge in [0.2, 0.25) is 0 Å². The van der Waals surface area contributed by atoms with Crippen molar-refractivity contribution in [2.45, 2.75) is 33.5 Å². The average Bonchev–Trinajstić information content (AvgIpc) is 3.50. The highest BCUT2D eigenvalue weighted by Gasteiger charge is 2.13. The summed E-state index contributed by atoms with van der Waals surface area (Å²) in [5.74, 6) is 0.168. The molecule has 2 heterocycles. The number of aromatic nitrogens is 1. The number of hydrogen-bond donors (Lipinski definition) is 2. The van der Waals surface area contributed by atoms with Gasteiger partial charge in [-0.2, -0.15) is 5.10 Å². The lowest BCUT2D eigenvalue weighted by atomic mass is 10.2. The van der Waals surface area contributed by atoms with Crippen molar-refractivity contribution in [3.8, 4) is 17.2 Å². The number of hydrazone groups is 1. The van der Waals surface area contributed by atoms with Gasteiger partial charge in [-0.1, -0.05) is 0 Å². The fraction of sp³-hybridized carbons (Fsp3) is 0.179. The molecule has 4 rings (SSSR count). The molecule has 0 radical (unpaired) electrons. The van der Waals surface area contributed by atoms with E-state index in [1.54, 1.807) is 36.4 Å². The van der Waals surface area contributed by atoms with E-state index in [1.807, 2.05) is 24.3 Å². The monoisotopic (exact) mass is 501 g/mol. The van der Waals surface area contributed by atoms with Crippen molar-refractivity contribution in [1.82, 2.24) is 9.99 Å². The maximum Gasteiger partial charge on any atom is 0.344 e. The summed E-state index contributed by atoms with van der Waals surface area (Å²) in [6.07, 6.45) is 0.502. The number of aryl methyl sites for hydroxylation is 2. The van der Waals surface area contributed by atoms with Crippen molar-refractivity contribution < 1.29 is 28.6 Å². The van der Waals surface area contributed by atoms with Crippen molar-refractivity contribution in [2.24, 2.45) is 5.10 Å². The predicted molar refractivity (Wildman–Crippen MR) is 138 cm³/mol. The molecular formula is C28H27N3O6. The van der Waals surface area contributed by atoms with Crippen LogP contribution >= 0.6 is 0 Å². The molecule has 37 heavy (non-hydrogen) atoms. The van der Waals surface area contributed by atoms with Crippen LogP contribution in [0, 0.1) is 13.8 Å². The summed E-state index contributed by atoms with van der Waals surface area (Å²) in [5, 5.41) is 12.8. The predicted octanol–water partition coefficient (Wildman–Crippen LogP) is 4.88. The number of carbonyl (C=O) groups excluding carboxylic acids is 1. The molecule has 0 spiro atoms. The summed E-state index contributed by atoms with van der Waals surface area (Å²) in [6.45, 7) is 5.75. The van der Waals surface area contributed by atoms with Gasteiger partial charge in [0, 0.05) is 17.1 Å². The lowest BCUT2D eigenvalue weighted by Gasteiger charge is -2.10. The van der Waals surface area contributed by atoms with Crippen LogP contribution in [0.4, 0.5) is 0 Å². The van der Waals surface area contributed by atoms with Gasteiger partial charge in [-0.3, -0.25) is 4.79 Å². The van der Waals surface area contributed by atoms with Gasteiger partial charge in [0.05, 0.1) is 6.21 Å². The third-order valence-electron chi connectivity index (χ3n) is 5.55. The summed E-state index contributed by atoms with van der Waals surface area (Å²) in [5.41, 5.74) is 6.48. The molecule has 0 aliphatic heterocycles. The number of carboxylic acid groups (broad SMARTS) is 1. The summed E-state index contributed by atoms with van der Waals surface area (Å²) >= 11 is 0. The van der Waals surface area contributed by atoms with E-state index < -0.39 is 18.0 Å². The van der Waals surface area contributed by atoms with Crippen molar-refractivity contribution >= 4 is 18.1 Å². The molecule has 9 nitrogen and oxygen atoms in total. The standard InChI is InChI=1S/C28H27N3O6/c1-18-4-5-19(2)31(18)22-8-12-23(13-9-22)35-17-25-14-15-26(37-25)27(32)30-29-16-21-6-10-24(11-7-21)36-20(3)28(33)34/h4-16,20H,17H2,1-3H3,(H,30,32)(H,33,34)/b29-16+/t20-/m0/s1. The Morgan fingerprint density at radius 2 is 1.62 bits per heavy atom. The van der Waals surface area contributed by atoms with Gasteiger partial charge in [-0.15, -0.1) is 0 Å². The number of rotatable bonds is 10. The number of aliphatic carboxylic acids is 1. The molecule has 1 amide bonds. The Bertz CT molecular complexity index is 1380. The Morgan fingerprint density at radius 1 is 0.973 bits per heavy atom. The SMILES string of the molecule is Cc1ccc(C)n1-c1ccc(OCc2ccc(C(=O)N/N=C/c3ccc(O[C@@H](C)C(=O)O)cc3)o2)cc1. The van der Waals surface area contributed by atoms with Crippen LogP contribution in [-0.2, 0) is 11.4 Å². The molecule has 0 saturated carbocycles. The second kappa shape index (κ2) is 11.3. The zero-order chi connectivity index (χ0) is 26.4. The smallest absolute Gasteiger partial charge is 0.344 e. The molecule has 190 valence electrons. The average molecular weight is 502 g/mol. The first kappa shape index (κ1) is 25.3. The van der Waals surface area contributed by atoms with E-state index in [-0.39, 0.29) is 12.4 Å². The fourth-order valence-corrected chi connectivity index (χ4v) is 3.61. The number of furan rings is 1. The van der Waals surface area contributed by atoms with Crippen LogP contribution in [0.25, 0.3) is 5.69 Å². The van der Waals surface area contributed by atoms with Crippen molar-refractivity contribution in [3.63, 3.8) is 0 Å². The van der Waals surface area contributed by atoms with E-state index in [0.29, 0.717) is 22.8 Å². The molecule has 1 atom stereocenters. The van der Waals surface area contributed by atoms with E-state index in [4.69, 9.17) is 19.0 Å². The highest BCUT2D eigenvalue weighted by molar-refractivity contribution is 5.92. The normalized spacial score (nSPS) is 11.9. The van der Waals surface area contributed by atoms with Gasteiger partial charge >= 0.3 is 11.9 Å². The summed E-state index contributed by atoms with van der Waals surface area (Å²) < 4.78 is 18.8. The first-order chi connectivity index (χ1) is 17.8. The van der Waals surface area contributed by atoms with E-state index in [1.165, 1.54) is 13.1 Å². The van der Waals surface area contributed by atoms with Gasteiger partial charge < -0.3 is 23.6 Å². The van der Waals surface area contributed by atoms with E-state index in [2.05, 4.69) is 41.1 Å². The lowest BCUT2D eigenvalue weighted by Crippen LogP contribution is -2.22. The number of hydrogen-bond acceptors (Lipinski definition) is 6. The molecule has 0 aliphatic carbocycles. The minimum absolute atomic E-state index is 0.107.